The van der Waals surface area contributed by atoms with Crippen LogP contribution in [0.5, 0.6) is 0 Å². The highest BCUT2D eigenvalue weighted by atomic mass is 35.5. The highest BCUT2D eigenvalue weighted by molar-refractivity contribution is 6.41. The molecular weight excluding hydrogens is 370 g/mol. The largest absolute Gasteiger partial charge is 0.449 e. The molecule has 6 nitrogen and oxygen atoms in total. The average molecular weight is 386 g/mol. The third-order valence-electron chi connectivity index (χ3n) is 4.25. The Morgan fingerprint density at radius 1 is 1.04 bits per heavy atom. The first kappa shape index (κ1) is 18.8. The lowest BCUT2D eigenvalue weighted by Gasteiger charge is -2.20. The summed E-state index contributed by atoms with van der Waals surface area (Å²) in [6.45, 7) is 3.57. The first-order valence-corrected chi connectivity index (χ1v) is 8.74. The number of amides is 1. The highest BCUT2D eigenvalue weighted by Crippen LogP contribution is 2.34. The van der Waals surface area contributed by atoms with Crippen LogP contribution < -0.4 is 5.32 Å². The molecule has 1 atom stereocenters. The second-order valence-corrected chi connectivity index (χ2v) is 6.37. The molecule has 0 spiro atoms. The maximum Gasteiger partial charge on any atom is 0.340 e. The van der Waals surface area contributed by atoms with E-state index in [1.807, 2.05) is 0 Å². The van der Waals surface area contributed by atoms with Crippen LogP contribution in [0.15, 0.2) is 36.4 Å². The summed E-state index contributed by atoms with van der Waals surface area (Å²) >= 11 is 6.30. The Morgan fingerprint density at radius 2 is 1.67 bits per heavy atom. The lowest BCUT2D eigenvalue weighted by atomic mass is 9.83. The second-order valence-electron chi connectivity index (χ2n) is 6.00. The zero-order chi connectivity index (χ0) is 19.7. The minimum absolute atomic E-state index is 0.0273. The second kappa shape index (κ2) is 7.32. The van der Waals surface area contributed by atoms with Crippen LogP contribution in [0.4, 0.5) is 0 Å². The minimum Gasteiger partial charge on any atom is -0.449 e. The number of hydrogen-bond donors (Lipinski definition) is 1. The predicted molar refractivity (Wildman–Crippen MR) is 98.3 cm³/mol. The van der Waals surface area contributed by atoms with Gasteiger partial charge in [-0.1, -0.05) is 35.9 Å². The quantitative estimate of drug-likeness (QED) is 0.697. The van der Waals surface area contributed by atoms with Crippen LogP contribution in [-0.2, 0) is 9.53 Å². The lowest BCUT2D eigenvalue weighted by Crippen LogP contribution is -2.35. The fraction of sp³-hybridized carbons (Fsp3) is 0.200. The first-order chi connectivity index (χ1) is 12.9. The molecule has 0 radical (unpaired) electrons. The standard InChI is InChI=1S/C20H16ClNO5/c1-3-22-19(25)10(2)27-20(26)14-9-8-13-15(16(14)21)18(24)12-7-5-4-6-11(12)17(13)23/h4-10H,3H2,1-2H3,(H,22,25)/t10-/m1/s1. The van der Waals surface area contributed by atoms with Gasteiger partial charge in [-0.15, -0.1) is 0 Å². The molecule has 0 aliphatic heterocycles. The number of carbonyl (C=O) groups is 4. The van der Waals surface area contributed by atoms with Gasteiger partial charge in [-0.25, -0.2) is 4.79 Å². The maximum absolute atomic E-state index is 12.8. The molecule has 27 heavy (non-hydrogen) atoms. The third kappa shape index (κ3) is 3.24. The number of ether oxygens (including phenoxy) is 1. The molecule has 0 heterocycles. The van der Waals surface area contributed by atoms with Crippen molar-refractivity contribution in [2.24, 2.45) is 0 Å². The van der Waals surface area contributed by atoms with Crippen molar-refractivity contribution in [1.82, 2.24) is 5.32 Å². The lowest BCUT2D eigenvalue weighted by molar-refractivity contribution is -0.128. The number of benzene rings is 2. The van der Waals surface area contributed by atoms with Crippen molar-refractivity contribution in [3.05, 3.63) is 69.2 Å². The van der Waals surface area contributed by atoms with E-state index in [0.717, 1.165) is 0 Å². The van der Waals surface area contributed by atoms with Gasteiger partial charge < -0.3 is 10.1 Å². The summed E-state index contributed by atoms with van der Waals surface area (Å²) in [7, 11) is 0. The smallest absolute Gasteiger partial charge is 0.340 e. The van der Waals surface area contributed by atoms with Crippen molar-refractivity contribution in [2.45, 2.75) is 20.0 Å². The molecule has 0 saturated heterocycles. The number of esters is 1. The topological polar surface area (TPSA) is 89.5 Å². The fourth-order valence-electron chi connectivity index (χ4n) is 2.90. The number of fused-ring (bicyclic) bond motifs is 2. The third-order valence-corrected chi connectivity index (χ3v) is 4.65. The van der Waals surface area contributed by atoms with Gasteiger partial charge in [-0.2, -0.15) is 0 Å². The summed E-state index contributed by atoms with van der Waals surface area (Å²) in [4.78, 5) is 49.6. The van der Waals surface area contributed by atoms with Gasteiger partial charge in [0, 0.05) is 23.2 Å². The SMILES string of the molecule is CCNC(=O)[C@@H](C)OC(=O)c1ccc2c(c1Cl)C(=O)c1ccccc1C2=O. The monoisotopic (exact) mass is 385 g/mol. The van der Waals surface area contributed by atoms with E-state index >= 15 is 0 Å². The Morgan fingerprint density at radius 3 is 2.30 bits per heavy atom. The van der Waals surface area contributed by atoms with E-state index in [1.165, 1.54) is 25.1 Å². The van der Waals surface area contributed by atoms with Gasteiger partial charge in [-0.05, 0) is 26.0 Å². The fourth-order valence-corrected chi connectivity index (χ4v) is 3.23. The van der Waals surface area contributed by atoms with E-state index in [9.17, 15) is 19.2 Å². The minimum atomic E-state index is -1.03. The van der Waals surface area contributed by atoms with Gasteiger partial charge in [0.2, 0.25) is 0 Å². The Kier molecular flexibility index (Phi) is 5.10. The maximum atomic E-state index is 12.8. The van der Waals surface area contributed by atoms with Crippen LogP contribution in [-0.4, -0.2) is 36.1 Å². The molecule has 2 aromatic carbocycles. The number of rotatable bonds is 4. The zero-order valence-corrected chi connectivity index (χ0v) is 15.4. The van der Waals surface area contributed by atoms with E-state index in [1.54, 1.807) is 25.1 Å². The zero-order valence-electron chi connectivity index (χ0n) is 14.7. The Hall–Kier alpha value is -2.99. The summed E-state index contributed by atoms with van der Waals surface area (Å²) in [5.41, 5.74) is 0.564. The Balaban J connectivity index is 1.98. The summed E-state index contributed by atoms with van der Waals surface area (Å²) in [5.74, 6) is -2.06. The highest BCUT2D eigenvalue weighted by Gasteiger charge is 2.33. The van der Waals surface area contributed by atoms with Crippen molar-refractivity contribution in [3.8, 4) is 0 Å². The van der Waals surface area contributed by atoms with E-state index in [-0.39, 0.29) is 33.1 Å². The van der Waals surface area contributed by atoms with Gasteiger partial charge in [-0.3, -0.25) is 14.4 Å². The van der Waals surface area contributed by atoms with Gasteiger partial charge >= 0.3 is 5.97 Å². The summed E-state index contributed by atoms with van der Waals surface area (Å²) in [6, 6.07) is 9.14. The van der Waals surface area contributed by atoms with Gasteiger partial charge in [0.05, 0.1) is 16.1 Å². The molecule has 1 amide bonds. The van der Waals surface area contributed by atoms with Gasteiger partial charge in [0.25, 0.3) is 5.91 Å². The molecule has 0 fully saturated rings. The molecule has 0 unspecified atom stereocenters. The molecule has 3 rings (SSSR count). The van der Waals surface area contributed by atoms with Gasteiger partial charge in [0.1, 0.15) is 0 Å². The molecule has 138 valence electrons. The van der Waals surface area contributed by atoms with Crippen LogP contribution in [0, 0.1) is 0 Å². The van der Waals surface area contributed by atoms with Crippen LogP contribution in [0.3, 0.4) is 0 Å². The molecule has 1 N–H and O–H groups in total. The molecule has 0 bridgehead atoms. The first-order valence-electron chi connectivity index (χ1n) is 8.36. The van der Waals surface area contributed by atoms with Crippen LogP contribution in [0.1, 0.15) is 56.0 Å². The van der Waals surface area contributed by atoms with Crippen molar-refractivity contribution < 1.29 is 23.9 Å². The van der Waals surface area contributed by atoms with Crippen molar-refractivity contribution in [3.63, 3.8) is 0 Å². The number of halogens is 1. The Labute approximate surface area is 160 Å². The number of ketones is 2. The van der Waals surface area contributed by atoms with Crippen LogP contribution in [0.25, 0.3) is 0 Å². The van der Waals surface area contributed by atoms with E-state index < -0.39 is 23.8 Å². The molecular formula is C20H16ClNO5. The summed E-state index contributed by atoms with van der Waals surface area (Å²) in [6.07, 6.45) is -1.03. The van der Waals surface area contributed by atoms with E-state index in [0.29, 0.717) is 12.1 Å². The molecule has 1 aliphatic carbocycles. The molecule has 0 saturated carbocycles. The number of likely N-dealkylation sites (N-methyl/N-ethyl adjacent to an activating group) is 1. The van der Waals surface area contributed by atoms with Crippen molar-refractivity contribution in [1.29, 1.82) is 0 Å². The van der Waals surface area contributed by atoms with Crippen molar-refractivity contribution in [2.75, 3.05) is 6.54 Å². The summed E-state index contributed by atoms with van der Waals surface area (Å²) < 4.78 is 5.12. The average Bonchev–Trinajstić information content (AvgIpc) is 2.65. The number of nitrogens with one attached hydrogen (secondary N) is 1. The summed E-state index contributed by atoms with van der Waals surface area (Å²) in [5, 5.41) is 2.38. The molecule has 0 aromatic heterocycles. The number of hydrogen-bond acceptors (Lipinski definition) is 5. The predicted octanol–water partition coefficient (Wildman–Crippen LogP) is 2.80. The molecule has 1 aliphatic rings. The van der Waals surface area contributed by atoms with E-state index in [4.69, 9.17) is 16.3 Å². The van der Waals surface area contributed by atoms with Crippen LogP contribution in [0.2, 0.25) is 5.02 Å². The molecule has 7 heteroatoms. The Bertz CT molecular complexity index is 982. The molecule has 2 aromatic rings. The van der Waals surface area contributed by atoms with Crippen LogP contribution >= 0.6 is 11.6 Å². The van der Waals surface area contributed by atoms with Crippen molar-refractivity contribution >= 4 is 35.0 Å². The van der Waals surface area contributed by atoms with Gasteiger partial charge in [0.15, 0.2) is 17.7 Å². The number of carbonyl (C=O) groups excluding carboxylic acids is 4. The normalized spacial score (nSPS) is 13.4. The van der Waals surface area contributed by atoms with E-state index in [2.05, 4.69) is 5.32 Å².